The molecule has 0 aliphatic carbocycles. The minimum absolute atomic E-state index is 1.18. The van der Waals surface area contributed by atoms with Gasteiger partial charge in [0.1, 0.15) is 0 Å². The summed E-state index contributed by atoms with van der Waals surface area (Å²) in [7, 11) is 0. The Morgan fingerprint density at radius 3 is 1.04 bits per heavy atom. The maximum atomic E-state index is 2.31. The van der Waals surface area contributed by atoms with Gasteiger partial charge in [-0.1, -0.05) is 48.5 Å². The molecule has 0 N–H and O–H groups in total. The Labute approximate surface area is 167 Å². The molecule has 2 aromatic rings. The van der Waals surface area contributed by atoms with E-state index >= 15 is 0 Å². The maximum Gasteiger partial charge on any atom is -0.00269 e. The molecule has 2 rings (SSSR count). The van der Waals surface area contributed by atoms with Gasteiger partial charge in [0.05, 0.1) is 0 Å². The first-order valence-corrected chi connectivity index (χ1v) is 13.0. The third-order valence-electron chi connectivity index (χ3n) is 4.31. The van der Waals surface area contributed by atoms with Gasteiger partial charge in [0.25, 0.3) is 0 Å². The van der Waals surface area contributed by atoms with Crippen molar-refractivity contribution in [3.8, 4) is 0 Å². The summed E-state index contributed by atoms with van der Waals surface area (Å²) >= 11 is 5.91. The summed E-state index contributed by atoms with van der Waals surface area (Å²) in [4.78, 5) is 0. The van der Waals surface area contributed by atoms with Gasteiger partial charge in [-0.3, -0.25) is 0 Å². The van der Waals surface area contributed by atoms with Crippen molar-refractivity contribution in [1.29, 1.82) is 0 Å². The van der Waals surface area contributed by atoms with Crippen LogP contribution in [0.2, 0.25) is 0 Å². The van der Waals surface area contributed by atoms with Crippen molar-refractivity contribution >= 4 is 35.3 Å². The van der Waals surface area contributed by atoms with Crippen LogP contribution in [0, 0.1) is 0 Å². The van der Waals surface area contributed by atoms with Crippen molar-refractivity contribution in [3.05, 3.63) is 70.8 Å². The normalized spacial score (nSPS) is 11.0. The van der Waals surface area contributed by atoms with Crippen LogP contribution >= 0.6 is 35.3 Å². The molecule has 0 saturated heterocycles. The van der Waals surface area contributed by atoms with Gasteiger partial charge >= 0.3 is 0 Å². The second kappa shape index (κ2) is 12.8. The number of hydrogen-bond donors (Lipinski definition) is 0. The van der Waals surface area contributed by atoms with Gasteiger partial charge in [-0.05, 0) is 83.5 Å². The van der Waals surface area contributed by atoms with Crippen LogP contribution in [0.1, 0.15) is 22.3 Å². The molecule has 2 aromatic carbocycles. The van der Waals surface area contributed by atoms with Gasteiger partial charge in [0, 0.05) is 0 Å². The summed E-state index contributed by atoms with van der Waals surface area (Å²) in [6.07, 6.45) is 9.08. The molecule has 25 heavy (non-hydrogen) atoms. The Bertz CT molecular complexity index is 522. The van der Waals surface area contributed by atoms with Gasteiger partial charge in [-0.15, -0.1) is 0 Å². The van der Waals surface area contributed by atoms with Crippen molar-refractivity contribution in [1.82, 2.24) is 0 Å². The average Bonchev–Trinajstić information content (AvgIpc) is 2.66. The standard InChI is InChI=1S/C22H30S3/c1-23-15-11-19-3-7-21(8-4-19)13-17-25-18-14-22-9-5-20(6-10-22)12-16-24-2/h3-10H,11-18H2,1-2H3. The molecule has 0 aromatic heterocycles. The van der Waals surface area contributed by atoms with Crippen LogP contribution in [0.3, 0.4) is 0 Å². The fourth-order valence-corrected chi connectivity index (χ4v) is 4.51. The maximum absolute atomic E-state index is 2.31. The molecule has 0 atom stereocenters. The lowest BCUT2D eigenvalue weighted by Crippen LogP contribution is -1.95. The van der Waals surface area contributed by atoms with Crippen LogP contribution in [0.25, 0.3) is 0 Å². The Morgan fingerprint density at radius 2 is 0.760 bits per heavy atom. The highest BCUT2D eigenvalue weighted by Gasteiger charge is 1.98. The molecule has 0 spiro atoms. The first kappa shape index (κ1) is 20.8. The van der Waals surface area contributed by atoms with Crippen molar-refractivity contribution < 1.29 is 0 Å². The van der Waals surface area contributed by atoms with E-state index < -0.39 is 0 Å². The number of aryl methyl sites for hydroxylation is 4. The zero-order valence-corrected chi connectivity index (χ0v) is 17.9. The highest BCUT2D eigenvalue weighted by molar-refractivity contribution is 7.99. The van der Waals surface area contributed by atoms with Gasteiger partial charge in [-0.25, -0.2) is 0 Å². The van der Waals surface area contributed by atoms with Crippen LogP contribution in [-0.4, -0.2) is 35.5 Å². The fraction of sp³-hybridized carbons (Fsp3) is 0.455. The molecule has 0 saturated carbocycles. The lowest BCUT2D eigenvalue weighted by molar-refractivity contribution is 1.10. The summed E-state index contributed by atoms with van der Waals surface area (Å²) < 4.78 is 0. The van der Waals surface area contributed by atoms with Gasteiger partial charge < -0.3 is 0 Å². The zero-order chi connectivity index (χ0) is 17.7. The van der Waals surface area contributed by atoms with Crippen LogP contribution < -0.4 is 0 Å². The zero-order valence-electron chi connectivity index (χ0n) is 15.5. The third kappa shape index (κ3) is 8.61. The summed E-state index contributed by atoms with van der Waals surface area (Å²) in [5.74, 6) is 4.87. The molecule has 0 aliphatic rings. The molecule has 0 radical (unpaired) electrons. The molecule has 0 nitrogen and oxygen atoms in total. The lowest BCUT2D eigenvalue weighted by atomic mass is 10.1. The second-order valence-corrected chi connectivity index (χ2v) is 9.43. The molecular formula is C22H30S3. The minimum atomic E-state index is 1.18. The Balaban J connectivity index is 1.61. The quantitative estimate of drug-likeness (QED) is 0.407. The van der Waals surface area contributed by atoms with E-state index in [1.807, 2.05) is 23.5 Å². The topological polar surface area (TPSA) is 0 Å². The smallest absolute Gasteiger partial charge is 0.00269 e. The molecule has 0 fully saturated rings. The van der Waals surface area contributed by atoms with Crippen LogP contribution in [-0.2, 0) is 25.7 Å². The summed E-state index contributed by atoms with van der Waals surface area (Å²) in [5.41, 5.74) is 5.87. The average molecular weight is 391 g/mol. The highest BCUT2D eigenvalue weighted by Crippen LogP contribution is 2.13. The molecule has 0 aliphatic heterocycles. The Morgan fingerprint density at radius 1 is 0.480 bits per heavy atom. The van der Waals surface area contributed by atoms with E-state index in [0.717, 1.165) is 0 Å². The molecule has 136 valence electrons. The predicted octanol–water partition coefficient (Wildman–Crippen LogP) is 6.02. The largest absolute Gasteiger partial charge is 0.165 e. The first-order valence-electron chi connectivity index (χ1n) is 9.03. The van der Waals surface area contributed by atoms with Crippen molar-refractivity contribution in [3.63, 3.8) is 0 Å². The van der Waals surface area contributed by atoms with E-state index in [1.54, 1.807) is 0 Å². The van der Waals surface area contributed by atoms with Gasteiger partial charge in [0.2, 0.25) is 0 Å². The molecular weight excluding hydrogens is 360 g/mol. The number of thioether (sulfide) groups is 3. The number of rotatable bonds is 12. The molecule has 0 amide bonds. The van der Waals surface area contributed by atoms with E-state index in [4.69, 9.17) is 0 Å². The van der Waals surface area contributed by atoms with E-state index in [-0.39, 0.29) is 0 Å². The van der Waals surface area contributed by atoms with Crippen molar-refractivity contribution in [2.24, 2.45) is 0 Å². The second-order valence-electron chi connectivity index (χ2n) is 6.23. The Kier molecular flexibility index (Phi) is 10.6. The van der Waals surface area contributed by atoms with Gasteiger partial charge in [0.15, 0.2) is 0 Å². The lowest BCUT2D eigenvalue weighted by Gasteiger charge is -2.06. The van der Waals surface area contributed by atoms with Crippen molar-refractivity contribution in [2.45, 2.75) is 25.7 Å². The highest BCUT2D eigenvalue weighted by atomic mass is 32.2. The summed E-state index contributed by atoms with van der Waals surface area (Å²) in [5, 5.41) is 0. The Hall–Kier alpha value is -0.510. The van der Waals surface area contributed by atoms with Crippen LogP contribution in [0.4, 0.5) is 0 Å². The summed E-state index contributed by atoms with van der Waals surface area (Å²) in [6, 6.07) is 18.4. The van der Waals surface area contributed by atoms with Gasteiger partial charge in [-0.2, -0.15) is 35.3 Å². The first-order chi connectivity index (χ1) is 12.3. The van der Waals surface area contributed by atoms with E-state index in [2.05, 4.69) is 72.8 Å². The predicted molar refractivity (Wildman–Crippen MR) is 122 cm³/mol. The van der Waals surface area contributed by atoms with Crippen LogP contribution in [0.15, 0.2) is 48.5 Å². The molecule has 0 unspecified atom stereocenters. The SMILES string of the molecule is CSCCc1ccc(CCSCCc2ccc(CCSC)cc2)cc1. The fourth-order valence-electron chi connectivity index (χ4n) is 2.67. The molecule has 0 bridgehead atoms. The van der Waals surface area contributed by atoms with E-state index in [0.29, 0.717) is 0 Å². The van der Waals surface area contributed by atoms with Crippen LogP contribution in [0.5, 0.6) is 0 Å². The summed E-state index contributed by atoms with van der Waals surface area (Å²) in [6.45, 7) is 0. The molecule has 0 heterocycles. The minimum Gasteiger partial charge on any atom is -0.165 e. The monoisotopic (exact) mass is 390 g/mol. The number of benzene rings is 2. The van der Waals surface area contributed by atoms with E-state index in [9.17, 15) is 0 Å². The number of hydrogen-bond acceptors (Lipinski definition) is 3. The third-order valence-corrected chi connectivity index (χ3v) is 6.52. The molecule has 3 heteroatoms. The van der Waals surface area contributed by atoms with E-state index in [1.165, 1.54) is 70.9 Å². The van der Waals surface area contributed by atoms with Crippen molar-refractivity contribution in [2.75, 3.05) is 35.5 Å².